The van der Waals surface area contributed by atoms with Crippen LogP contribution in [0.4, 0.5) is 5.69 Å². The first-order chi connectivity index (χ1) is 11.2. The zero-order valence-electron chi connectivity index (χ0n) is 12.3. The smallest absolute Gasteiger partial charge is 0.253 e. The molecule has 1 aliphatic heterocycles. The zero-order chi connectivity index (χ0) is 15.8. The van der Waals surface area contributed by atoms with Crippen LogP contribution in [0.15, 0.2) is 42.6 Å². The van der Waals surface area contributed by atoms with E-state index < -0.39 is 0 Å². The lowest BCUT2D eigenvalue weighted by Gasteiger charge is -2.10. The number of carbonyl (C=O) groups is 1. The van der Waals surface area contributed by atoms with E-state index in [4.69, 9.17) is 5.73 Å². The number of aromatic amines is 1. The van der Waals surface area contributed by atoms with E-state index in [9.17, 15) is 4.79 Å². The predicted octanol–water partition coefficient (Wildman–Crippen LogP) is 2.01. The van der Waals surface area contributed by atoms with Gasteiger partial charge in [0.05, 0.1) is 17.0 Å². The molecule has 0 fully saturated rings. The normalized spacial score (nSPS) is 13.5. The monoisotopic (exact) mass is 305 g/mol. The summed E-state index contributed by atoms with van der Waals surface area (Å²) >= 11 is 0. The largest absolute Gasteiger partial charge is 0.399 e. The van der Waals surface area contributed by atoms with E-state index >= 15 is 0 Å². The van der Waals surface area contributed by atoms with Crippen LogP contribution < -0.4 is 11.1 Å². The summed E-state index contributed by atoms with van der Waals surface area (Å²) in [4.78, 5) is 24.1. The van der Waals surface area contributed by atoms with Gasteiger partial charge >= 0.3 is 0 Å². The number of fused-ring (bicyclic) bond motifs is 1. The van der Waals surface area contributed by atoms with Crippen molar-refractivity contribution >= 4 is 11.6 Å². The maximum absolute atomic E-state index is 11.9. The first kappa shape index (κ1) is 13.5. The molecule has 4 rings (SSSR count). The van der Waals surface area contributed by atoms with Crippen LogP contribution in [-0.4, -0.2) is 27.4 Å². The van der Waals surface area contributed by atoms with Crippen molar-refractivity contribution in [2.24, 2.45) is 0 Å². The number of carbonyl (C=O) groups excluding carboxylic acids is 1. The van der Waals surface area contributed by atoms with Crippen LogP contribution in [0.1, 0.15) is 16.1 Å². The number of aromatic nitrogens is 3. The van der Waals surface area contributed by atoms with Crippen molar-refractivity contribution in [3.8, 4) is 22.8 Å². The highest BCUT2D eigenvalue weighted by atomic mass is 16.1. The van der Waals surface area contributed by atoms with Crippen molar-refractivity contribution in [2.45, 2.75) is 6.42 Å². The average Bonchev–Trinajstić information content (AvgIpc) is 3.01. The molecule has 23 heavy (non-hydrogen) atoms. The lowest BCUT2D eigenvalue weighted by molar-refractivity contribution is 0.0946. The van der Waals surface area contributed by atoms with E-state index in [1.165, 1.54) is 0 Å². The number of nitrogens with one attached hydrogen (secondary N) is 2. The van der Waals surface area contributed by atoms with E-state index in [1.807, 2.05) is 36.4 Å². The number of benzene rings is 1. The number of anilines is 1. The molecule has 2 aromatic heterocycles. The topological polar surface area (TPSA) is 96.7 Å². The summed E-state index contributed by atoms with van der Waals surface area (Å²) in [6.07, 6.45) is 2.51. The molecule has 0 atom stereocenters. The Bertz CT molecular complexity index is 900. The van der Waals surface area contributed by atoms with Gasteiger partial charge in [0.2, 0.25) is 0 Å². The predicted molar refractivity (Wildman–Crippen MR) is 87.7 cm³/mol. The van der Waals surface area contributed by atoms with Crippen LogP contribution in [-0.2, 0) is 6.42 Å². The molecule has 1 aliphatic rings. The summed E-state index contributed by atoms with van der Waals surface area (Å²) in [6.45, 7) is 0.657. The molecule has 0 saturated carbocycles. The number of hydrogen-bond donors (Lipinski definition) is 3. The molecule has 0 aliphatic carbocycles. The summed E-state index contributed by atoms with van der Waals surface area (Å²) in [5.41, 5.74) is 10.6. The molecule has 6 heteroatoms. The molecule has 3 heterocycles. The van der Waals surface area contributed by atoms with Crippen molar-refractivity contribution in [3.05, 3.63) is 53.9 Å². The third kappa shape index (κ3) is 2.44. The summed E-state index contributed by atoms with van der Waals surface area (Å²) in [5.74, 6) is 0.561. The van der Waals surface area contributed by atoms with Gasteiger partial charge in [0, 0.05) is 36.1 Å². The maximum Gasteiger partial charge on any atom is 0.253 e. The number of H-pyrrole nitrogens is 1. The highest BCUT2D eigenvalue weighted by Gasteiger charge is 2.20. The Hall–Kier alpha value is -3.15. The van der Waals surface area contributed by atoms with Gasteiger partial charge in [-0.05, 0) is 24.3 Å². The first-order valence-corrected chi connectivity index (χ1v) is 7.40. The highest BCUT2D eigenvalue weighted by Crippen LogP contribution is 2.24. The van der Waals surface area contributed by atoms with Crippen LogP contribution in [0.5, 0.6) is 0 Å². The van der Waals surface area contributed by atoms with Gasteiger partial charge < -0.3 is 16.0 Å². The maximum atomic E-state index is 11.9. The standard InChI is InChI=1S/C17H15N5O/c18-11-3-1-2-10(8-11)16-19-6-5-14(22-16)15-9-12-13(21-15)4-7-20-17(12)23/h1-3,5-6,8-9,21H,4,7,18H2,(H,20,23). The fourth-order valence-electron chi connectivity index (χ4n) is 2.76. The molecule has 114 valence electrons. The third-order valence-electron chi connectivity index (χ3n) is 3.88. The van der Waals surface area contributed by atoms with Crippen LogP contribution in [0, 0.1) is 0 Å². The van der Waals surface area contributed by atoms with Crippen LogP contribution in [0.2, 0.25) is 0 Å². The van der Waals surface area contributed by atoms with Crippen molar-refractivity contribution in [1.29, 1.82) is 0 Å². The van der Waals surface area contributed by atoms with E-state index in [0.717, 1.165) is 29.1 Å². The molecule has 0 unspecified atom stereocenters. The van der Waals surface area contributed by atoms with Crippen LogP contribution in [0.25, 0.3) is 22.8 Å². The Balaban J connectivity index is 1.76. The van der Waals surface area contributed by atoms with Gasteiger partial charge in [-0.1, -0.05) is 12.1 Å². The first-order valence-electron chi connectivity index (χ1n) is 7.40. The van der Waals surface area contributed by atoms with Gasteiger partial charge in [0.1, 0.15) is 0 Å². The van der Waals surface area contributed by atoms with Crippen molar-refractivity contribution in [3.63, 3.8) is 0 Å². The number of rotatable bonds is 2. The quantitative estimate of drug-likeness (QED) is 0.631. The number of hydrogen-bond acceptors (Lipinski definition) is 4. The Morgan fingerprint density at radius 2 is 2.09 bits per heavy atom. The minimum atomic E-state index is -0.0427. The molecule has 0 spiro atoms. The Kier molecular flexibility index (Phi) is 3.08. The molecular weight excluding hydrogens is 290 g/mol. The highest BCUT2D eigenvalue weighted by molar-refractivity contribution is 5.97. The number of amides is 1. The minimum absolute atomic E-state index is 0.0427. The van der Waals surface area contributed by atoms with E-state index in [-0.39, 0.29) is 5.91 Å². The third-order valence-corrected chi connectivity index (χ3v) is 3.88. The van der Waals surface area contributed by atoms with Gasteiger partial charge in [-0.3, -0.25) is 4.79 Å². The number of nitrogen functional groups attached to an aromatic ring is 1. The summed E-state index contributed by atoms with van der Waals surface area (Å²) in [5, 5.41) is 2.84. The van der Waals surface area contributed by atoms with Gasteiger partial charge in [0.25, 0.3) is 5.91 Å². The van der Waals surface area contributed by atoms with Crippen LogP contribution >= 0.6 is 0 Å². The van der Waals surface area contributed by atoms with Gasteiger partial charge in [-0.2, -0.15) is 0 Å². The summed E-state index contributed by atoms with van der Waals surface area (Å²) in [6, 6.07) is 11.1. The molecule has 0 radical (unpaired) electrons. The minimum Gasteiger partial charge on any atom is -0.399 e. The zero-order valence-corrected chi connectivity index (χ0v) is 12.3. The molecule has 0 bridgehead atoms. The molecule has 4 N–H and O–H groups in total. The molecule has 6 nitrogen and oxygen atoms in total. The second-order valence-corrected chi connectivity index (χ2v) is 5.47. The van der Waals surface area contributed by atoms with Gasteiger partial charge in [-0.15, -0.1) is 0 Å². The van der Waals surface area contributed by atoms with Gasteiger partial charge in [0.15, 0.2) is 5.82 Å². The van der Waals surface area contributed by atoms with Crippen molar-refractivity contribution < 1.29 is 4.79 Å². The van der Waals surface area contributed by atoms with Crippen molar-refractivity contribution in [2.75, 3.05) is 12.3 Å². The Morgan fingerprint density at radius 3 is 2.91 bits per heavy atom. The molecule has 1 amide bonds. The van der Waals surface area contributed by atoms with Gasteiger partial charge in [-0.25, -0.2) is 9.97 Å². The Labute approximate surface area is 132 Å². The van der Waals surface area contributed by atoms with E-state index in [1.54, 1.807) is 6.20 Å². The lowest BCUT2D eigenvalue weighted by atomic mass is 10.1. The number of nitrogens with zero attached hydrogens (tertiary/aromatic N) is 2. The molecular formula is C17H15N5O. The second-order valence-electron chi connectivity index (χ2n) is 5.47. The molecule has 3 aromatic rings. The van der Waals surface area contributed by atoms with E-state index in [0.29, 0.717) is 23.6 Å². The molecule has 0 saturated heterocycles. The Morgan fingerprint density at radius 1 is 1.17 bits per heavy atom. The van der Waals surface area contributed by atoms with E-state index in [2.05, 4.69) is 20.3 Å². The SMILES string of the molecule is Nc1cccc(-c2nccc(-c3cc4c([nH]3)CCNC4=O)n2)c1. The number of nitrogens with two attached hydrogens (primary N) is 1. The average molecular weight is 305 g/mol. The van der Waals surface area contributed by atoms with Crippen LogP contribution in [0.3, 0.4) is 0 Å². The second kappa shape index (κ2) is 5.24. The fraction of sp³-hybridized carbons (Fsp3) is 0.118. The summed E-state index contributed by atoms with van der Waals surface area (Å²) < 4.78 is 0. The fourth-order valence-corrected chi connectivity index (χ4v) is 2.76. The summed E-state index contributed by atoms with van der Waals surface area (Å²) in [7, 11) is 0. The molecule has 1 aromatic carbocycles. The van der Waals surface area contributed by atoms with Crippen molar-refractivity contribution in [1.82, 2.24) is 20.3 Å². The lowest BCUT2D eigenvalue weighted by Crippen LogP contribution is -2.31.